The average molecular weight is 214 g/mol. The zero-order chi connectivity index (χ0) is 9.64. The van der Waals surface area contributed by atoms with E-state index in [0.29, 0.717) is 0 Å². The summed E-state index contributed by atoms with van der Waals surface area (Å²) in [6.45, 7) is 0. The van der Waals surface area contributed by atoms with Gasteiger partial charge in [-0.15, -0.1) is 0 Å². The summed E-state index contributed by atoms with van der Waals surface area (Å²) in [5.41, 5.74) is 2.47. The summed E-state index contributed by atoms with van der Waals surface area (Å²) < 4.78 is 0. The molecule has 0 aliphatic heterocycles. The van der Waals surface area contributed by atoms with Gasteiger partial charge < -0.3 is 0 Å². The quantitative estimate of drug-likeness (QED) is 0.664. The lowest BCUT2D eigenvalue weighted by Crippen LogP contribution is -1.70. The van der Waals surface area contributed by atoms with Gasteiger partial charge in [0.25, 0.3) is 0 Å². The van der Waals surface area contributed by atoms with Crippen LogP contribution in [-0.2, 0) is 0 Å². The number of benzene rings is 2. The van der Waals surface area contributed by atoms with Crippen molar-refractivity contribution in [3.63, 3.8) is 0 Å². The average Bonchev–Trinajstić information content (AvgIpc) is 2.29. The largest absolute Gasteiger partial charge is 0.197 e. The lowest BCUT2D eigenvalue weighted by Gasteiger charge is -1.92. The van der Waals surface area contributed by atoms with Gasteiger partial charge in [0, 0.05) is 0 Å². The zero-order valence-electron chi connectivity index (χ0n) is 8.43. The van der Waals surface area contributed by atoms with E-state index in [9.17, 15) is 0 Å². The minimum atomic E-state index is 0. The van der Waals surface area contributed by atoms with Crippen LogP contribution in [0.1, 0.15) is 11.1 Å². The van der Waals surface area contributed by atoms with Crippen LogP contribution in [-0.4, -0.2) is 0 Å². The van der Waals surface area contributed by atoms with Gasteiger partial charge in [-0.3, -0.25) is 0 Å². The Labute approximate surface area is 97.7 Å². The van der Waals surface area contributed by atoms with Gasteiger partial charge in [0.2, 0.25) is 0 Å². The molecule has 0 aromatic heterocycles. The molecule has 0 fully saturated rings. The molecule has 15 heavy (non-hydrogen) atoms. The monoisotopic (exact) mass is 214 g/mol. The molecule has 76 valence electrons. The summed E-state index contributed by atoms with van der Waals surface area (Å²) in [5.74, 6) is 0. The minimum Gasteiger partial charge on any atom is -0.197 e. The molecule has 2 aromatic rings. The Hall–Kier alpha value is -1.47. The van der Waals surface area contributed by atoms with E-state index in [1.807, 2.05) is 36.4 Å². The van der Waals surface area contributed by atoms with E-state index in [-0.39, 0.29) is 13.5 Å². The highest BCUT2D eigenvalue weighted by atomic mass is 32.1. The summed E-state index contributed by atoms with van der Waals surface area (Å²) in [4.78, 5) is 0. The summed E-state index contributed by atoms with van der Waals surface area (Å²) in [5, 5.41) is 0. The first-order valence-corrected chi connectivity index (χ1v) is 4.73. The third-order valence-corrected chi connectivity index (χ3v) is 2.07. The summed E-state index contributed by atoms with van der Waals surface area (Å²) in [6.07, 6.45) is 4.24. The molecule has 0 bridgehead atoms. The molecule has 1 heteroatoms. The maximum absolute atomic E-state index is 2.12. The summed E-state index contributed by atoms with van der Waals surface area (Å²) in [6, 6.07) is 20.6. The second-order valence-electron chi connectivity index (χ2n) is 3.15. The SMILES string of the molecule is C(=Cc1ccccc1)c1ccccc1.S. The van der Waals surface area contributed by atoms with E-state index in [4.69, 9.17) is 0 Å². The number of hydrogen-bond acceptors (Lipinski definition) is 0. The van der Waals surface area contributed by atoms with E-state index in [1.54, 1.807) is 0 Å². The molecule has 0 nitrogen and oxygen atoms in total. The van der Waals surface area contributed by atoms with Crippen molar-refractivity contribution in [2.24, 2.45) is 0 Å². The Morgan fingerprint density at radius 3 is 1.20 bits per heavy atom. The fourth-order valence-corrected chi connectivity index (χ4v) is 1.32. The highest BCUT2D eigenvalue weighted by Crippen LogP contribution is 2.06. The van der Waals surface area contributed by atoms with Gasteiger partial charge in [0.05, 0.1) is 0 Å². The predicted molar refractivity (Wildman–Crippen MR) is 72.2 cm³/mol. The third-order valence-electron chi connectivity index (χ3n) is 2.07. The number of hydrogen-bond donors (Lipinski definition) is 0. The molecular formula is C14H14S. The van der Waals surface area contributed by atoms with E-state index in [1.165, 1.54) is 11.1 Å². The molecule has 0 spiro atoms. The molecule has 0 atom stereocenters. The van der Waals surface area contributed by atoms with Gasteiger partial charge in [-0.05, 0) is 11.1 Å². The summed E-state index contributed by atoms with van der Waals surface area (Å²) in [7, 11) is 0. The van der Waals surface area contributed by atoms with Crippen molar-refractivity contribution in [3.8, 4) is 0 Å². The molecule has 0 aliphatic carbocycles. The third kappa shape index (κ3) is 3.64. The van der Waals surface area contributed by atoms with Crippen molar-refractivity contribution >= 4 is 25.6 Å². The Kier molecular flexibility index (Phi) is 4.72. The van der Waals surface area contributed by atoms with E-state index < -0.39 is 0 Å². The Morgan fingerprint density at radius 2 is 0.867 bits per heavy atom. The fourth-order valence-electron chi connectivity index (χ4n) is 1.32. The molecule has 0 saturated carbocycles. The fraction of sp³-hybridized carbons (Fsp3) is 0. The van der Waals surface area contributed by atoms with Crippen LogP contribution in [0.25, 0.3) is 12.2 Å². The van der Waals surface area contributed by atoms with Crippen molar-refractivity contribution < 1.29 is 0 Å². The van der Waals surface area contributed by atoms with Gasteiger partial charge >= 0.3 is 0 Å². The second kappa shape index (κ2) is 6.10. The summed E-state index contributed by atoms with van der Waals surface area (Å²) >= 11 is 0. The highest BCUT2D eigenvalue weighted by molar-refractivity contribution is 7.59. The molecule has 2 aromatic carbocycles. The lowest BCUT2D eigenvalue weighted by molar-refractivity contribution is 1.65. The van der Waals surface area contributed by atoms with E-state index in [2.05, 4.69) is 36.4 Å². The molecule has 0 N–H and O–H groups in total. The normalized spacial score (nSPS) is 9.87. The molecule has 0 radical (unpaired) electrons. The van der Waals surface area contributed by atoms with Gasteiger partial charge in [-0.25, -0.2) is 0 Å². The van der Waals surface area contributed by atoms with Crippen LogP contribution in [0.2, 0.25) is 0 Å². The Morgan fingerprint density at radius 1 is 0.533 bits per heavy atom. The van der Waals surface area contributed by atoms with Crippen molar-refractivity contribution in [1.82, 2.24) is 0 Å². The van der Waals surface area contributed by atoms with Crippen molar-refractivity contribution in [1.29, 1.82) is 0 Å². The molecule has 2 rings (SSSR count). The van der Waals surface area contributed by atoms with Crippen LogP contribution in [0.15, 0.2) is 60.7 Å². The first-order chi connectivity index (χ1) is 6.95. The van der Waals surface area contributed by atoms with Crippen LogP contribution in [0.3, 0.4) is 0 Å². The van der Waals surface area contributed by atoms with Crippen LogP contribution in [0.4, 0.5) is 0 Å². The molecule has 0 amide bonds. The Balaban J connectivity index is 0.00000112. The first-order valence-electron chi connectivity index (χ1n) is 4.73. The van der Waals surface area contributed by atoms with E-state index in [0.717, 1.165) is 0 Å². The van der Waals surface area contributed by atoms with Crippen LogP contribution in [0.5, 0.6) is 0 Å². The Bertz CT molecular complexity index is 362. The highest BCUT2D eigenvalue weighted by Gasteiger charge is 1.84. The standard InChI is InChI=1S/C14H12.H2S/c1-3-7-13(8-4-1)11-12-14-9-5-2-6-10-14;/h1-12H;1H2. The van der Waals surface area contributed by atoms with Gasteiger partial charge in [-0.2, -0.15) is 13.5 Å². The van der Waals surface area contributed by atoms with E-state index >= 15 is 0 Å². The van der Waals surface area contributed by atoms with Gasteiger partial charge in [0.1, 0.15) is 0 Å². The first kappa shape index (κ1) is 11.6. The molecular weight excluding hydrogens is 200 g/mol. The zero-order valence-corrected chi connectivity index (χ0v) is 9.43. The number of rotatable bonds is 2. The molecule has 0 saturated heterocycles. The van der Waals surface area contributed by atoms with Crippen LogP contribution in [0, 0.1) is 0 Å². The predicted octanol–water partition coefficient (Wildman–Crippen LogP) is 3.97. The maximum Gasteiger partial charge on any atom is -0.0256 e. The topological polar surface area (TPSA) is 0 Å². The van der Waals surface area contributed by atoms with Crippen LogP contribution >= 0.6 is 13.5 Å². The van der Waals surface area contributed by atoms with Crippen molar-refractivity contribution in [2.45, 2.75) is 0 Å². The molecule has 0 aliphatic rings. The minimum absolute atomic E-state index is 0. The van der Waals surface area contributed by atoms with Crippen molar-refractivity contribution in [2.75, 3.05) is 0 Å². The smallest absolute Gasteiger partial charge is 0.0256 e. The molecule has 0 heterocycles. The van der Waals surface area contributed by atoms with Gasteiger partial charge in [0.15, 0.2) is 0 Å². The molecule has 0 unspecified atom stereocenters. The van der Waals surface area contributed by atoms with Crippen LogP contribution < -0.4 is 0 Å². The van der Waals surface area contributed by atoms with Crippen molar-refractivity contribution in [3.05, 3.63) is 71.8 Å². The maximum atomic E-state index is 2.12. The second-order valence-corrected chi connectivity index (χ2v) is 3.15. The lowest BCUT2D eigenvalue weighted by atomic mass is 10.1. The van der Waals surface area contributed by atoms with Gasteiger partial charge in [-0.1, -0.05) is 72.8 Å².